The van der Waals surface area contributed by atoms with Gasteiger partial charge in [0.05, 0.1) is 0 Å². The summed E-state index contributed by atoms with van der Waals surface area (Å²) in [5.74, 6) is 0.381. The summed E-state index contributed by atoms with van der Waals surface area (Å²) >= 11 is 0. The van der Waals surface area contributed by atoms with Crippen molar-refractivity contribution in [1.29, 1.82) is 0 Å². The molecule has 138 valence electrons. The number of ether oxygens (including phenoxy) is 2. The van der Waals surface area contributed by atoms with Gasteiger partial charge in [-0.05, 0) is 35.2 Å². The van der Waals surface area contributed by atoms with Crippen molar-refractivity contribution in [3.63, 3.8) is 0 Å². The molecule has 0 spiro atoms. The van der Waals surface area contributed by atoms with Crippen LogP contribution in [0.2, 0.25) is 0 Å². The lowest BCUT2D eigenvalue weighted by Gasteiger charge is -2.12. The number of nitrogens with two attached hydrogens (primary N) is 1. The largest absolute Gasteiger partial charge is 0.489 e. The van der Waals surface area contributed by atoms with E-state index in [2.05, 4.69) is 0 Å². The quantitative estimate of drug-likeness (QED) is 0.619. The van der Waals surface area contributed by atoms with Crippen molar-refractivity contribution in [3.8, 4) is 5.75 Å². The maximum absolute atomic E-state index is 12.1. The van der Waals surface area contributed by atoms with E-state index in [0.717, 1.165) is 22.4 Å². The second kappa shape index (κ2) is 9.55. The van der Waals surface area contributed by atoms with E-state index in [1.54, 1.807) is 0 Å². The summed E-state index contributed by atoms with van der Waals surface area (Å²) in [6.07, 6.45) is 0.423. The van der Waals surface area contributed by atoms with Gasteiger partial charge in [0.25, 0.3) is 0 Å². The molecule has 0 saturated carbocycles. The van der Waals surface area contributed by atoms with Gasteiger partial charge in [0.1, 0.15) is 25.0 Å². The van der Waals surface area contributed by atoms with Gasteiger partial charge in [0, 0.05) is 0 Å². The van der Waals surface area contributed by atoms with E-state index in [9.17, 15) is 4.79 Å². The molecule has 0 saturated heterocycles. The molecule has 0 aromatic heterocycles. The van der Waals surface area contributed by atoms with E-state index in [4.69, 9.17) is 15.2 Å². The van der Waals surface area contributed by atoms with E-state index in [1.807, 2.05) is 84.9 Å². The van der Waals surface area contributed by atoms with E-state index in [1.165, 1.54) is 0 Å². The lowest BCUT2D eigenvalue weighted by atomic mass is 10.1. The zero-order valence-electron chi connectivity index (χ0n) is 15.1. The molecule has 0 amide bonds. The normalized spacial score (nSPS) is 11.6. The molecule has 4 heteroatoms. The zero-order chi connectivity index (χ0) is 18.9. The van der Waals surface area contributed by atoms with E-state index in [0.29, 0.717) is 13.0 Å². The number of hydrogen-bond donors (Lipinski definition) is 1. The van der Waals surface area contributed by atoms with Crippen molar-refractivity contribution in [2.24, 2.45) is 5.73 Å². The molecule has 27 heavy (non-hydrogen) atoms. The smallest absolute Gasteiger partial charge is 0.323 e. The third-order valence-corrected chi connectivity index (χ3v) is 4.15. The third kappa shape index (κ3) is 5.97. The standard InChI is InChI=1S/C23H23NO3/c24-22(23(25)27-17-20-9-5-2-6-10-20)15-18-11-13-21(14-12-18)26-16-19-7-3-1-4-8-19/h1-14,22H,15-17,24H2/t22-/m0/s1. The maximum atomic E-state index is 12.1. The molecule has 0 radical (unpaired) electrons. The molecule has 4 nitrogen and oxygen atoms in total. The van der Waals surface area contributed by atoms with Gasteiger partial charge in [-0.1, -0.05) is 72.8 Å². The Labute approximate surface area is 159 Å². The second-order valence-corrected chi connectivity index (χ2v) is 6.32. The molecule has 0 aliphatic rings. The first-order valence-corrected chi connectivity index (χ1v) is 8.92. The topological polar surface area (TPSA) is 61.5 Å². The van der Waals surface area contributed by atoms with Gasteiger partial charge in [-0.2, -0.15) is 0 Å². The number of rotatable bonds is 8. The van der Waals surface area contributed by atoms with Crippen LogP contribution in [0.4, 0.5) is 0 Å². The number of carbonyl (C=O) groups excluding carboxylic acids is 1. The fourth-order valence-corrected chi connectivity index (χ4v) is 2.64. The minimum absolute atomic E-state index is 0.236. The van der Waals surface area contributed by atoms with Crippen molar-refractivity contribution < 1.29 is 14.3 Å². The molecule has 3 aromatic rings. The molecule has 0 bridgehead atoms. The first kappa shape index (κ1) is 18.7. The Morgan fingerprint density at radius 3 is 1.89 bits per heavy atom. The van der Waals surface area contributed by atoms with Crippen molar-refractivity contribution in [1.82, 2.24) is 0 Å². The molecular weight excluding hydrogens is 338 g/mol. The van der Waals surface area contributed by atoms with Crippen LogP contribution in [0.5, 0.6) is 5.75 Å². The van der Waals surface area contributed by atoms with Crippen LogP contribution in [0.15, 0.2) is 84.9 Å². The lowest BCUT2D eigenvalue weighted by molar-refractivity contribution is -0.146. The zero-order valence-corrected chi connectivity index (χ0v) is 15.1. The summed E-state index contributed by atoms with van der Waals surface area (Å²) in [6.45, 7) is 0.755. The minimum atomic E-state index is -0.690. The molecule has 0 aliphatic heterocycles. The number of benzene rings is 3. The molecule has 0 heterocycles. The number of esters is 1. The summed E-state index contributed by atoms with van der Waals surface area (Å²) in [7, 11) is 0. The first-order chi connectivity index (χ1) is 13.2. The highest BCUT2D eigenvalue weighted by Crippen LogP contribution is 2.15. The number of hydrogen-bond acceptors (Lipinski definition) is 4. The van der Waals surface area contributed by atoms with Gasteiger partial charge in [0.15, 0.2) is 0 Å². The highest BCUT2D eigenvalue weighted by atomic mass is 16.5. The van der Waals surface area contributed by atoms with E-state index in [-0.39, 0.29) is 6.61 Å². The fraction of sp³-hybridized carbons (Fsp3) is 0.174. The summed E-state index contributed by atoms with van der Waals surface area (Å²) < 4.78 is 11.0. The SMILES string of the molecule is N[C@@H](Cc1ccc(OCc2ccccc2)cc1)C(=O)OCc1ccccc1. The van der Waals surface area contributed by atoms with Crippen molar-refractivity contribution in [3.05, 3.63) is 102 Å². The monoisotopic (exact) mass is 361 g/mol. The highest BCUT2D eigenvalue weighted by molar-refractivity contribution is 5.75. The molecule has 0 aliphatic carbocycles. The van der Waals surface area contributed by atoms with Crippen LogP contribution in [0, 0.1) is 0 Å². The van der Waals surface area contributed by atoms with E-state index >= 15 is 0 Å². The van der Waals surface area contributed by atoms with Gasteiger partial charge < -0.3 is 15.2 Å². The van der Waals surface area contributed by atoms with Crippen molar-refractivity contribution in [2.45, 2.75) is 25.7 Å². The van der Waals surface area contributed by atoms with Gasteiger partial charge in [-0.3, -0.25) is 4.79 Å². The molecule has 1 atom stereocenters. The lowest BCUT2D eigenvalue weighted by Crippen LogP contribution is -2.34. The van der Waals surface area contributed by atoms with Gasteiger partial charge in [-0.15, -0.1) is 0 Å². The van der Waals surface area contributed by atoms with E-state index < -0.39 is 12.0 Å². The average molecular weight is 361 g/mol. The Balaban J connectivity index is 1.46. The fourth-order valence-electron chi connectivity index (χ4n) is 2.64. The third-order valence-electron chi connectivity index (χ3n) is 4.15. The van der Waals surface area contributed by atoms with Crippen molar-refractivity contribution in [2.75, 3.05) is 0 Å². The Hall–Kier alpha value is -3.11. The molecule has 0 unspecified atom stereocenters. The molecular formula is C23H23NO3. The molecule has 0 fully saturated rings. The Bertz CT molecular complexity index is 833. The average Bonchev–Trinajstić information content (AvgIpc) is 2.73. The number of carbonyl (C=O) groups is 1. The molecule has 3 rings (SSSR count). The summed E-state index contributed by atoms with van der Waals surface area (Å²) in [4.78, 5) is 12.1. The van der Waals surface area contributed by atoms with Crippen LogP contribution in [-0.4, -0.2) is 12.0 Å². The summed E-state index contributed by atoms with van der Waals surface area (Å²) in [6, 6.07) is 26.5. The summed E-state index contributed by atoms with van der Waals surface area (Å²) in [5.41, 5.74) is 9.00. The van der Waals surface area contributed by atoms with Crippen LogP contribution in [0.25, 0.3) is 0 Å². The van der Waals surface area contributed by atoms with Crippen LogP contribution >= 0.6 is 0 Å². The van der Waals surface area contributed by atoms with Gasteiger partial charge in [0.2, 0.25) is 0 Å². The van der Waals surface area contributed by atoms with Crippen LogP contribution in [-0.2, 0) is 29.2 Å². The maximum Gasteiger partial charge on any atom is 0.323 e. The van der Waals surface area contributed by atoms with Crippen LogP contribution in [0.1, 0.15) is 16.7 Å². The minimum Gasteiger partial charge on any atom is -0.489 e. The Kier molecular flexibility index (Phi) is 6.61. The second-order valence-electron chi connectivity index (χ2n) is 6.32. The van der Waals surface area contributed by atoms with Crippen molar-refractivity contribution >= 4 is 5.97 Å². The predicted octanol–water partition coefficient (Wildman–Crippen LogP) is 3.88. The van der Waals surface area contributed by atoms with Gasteiger partial charge in [-0.25, -0.2) is 0 Å². The Morgan fingerprint density at radius 1 is 0.741 bits per heavy atom. The van der Waals surface area contributed by atoms with Gasteiger partial charge >= 0.3 is 5.97 Å². The summed E-state index contributed by atoms with van der Waals surface area (Å²) in [5, 5.41) is 0. The Morgan fingerprint density at radius 2 is 1.30 bits per heavy atom. The van der Waals surface area contributed by atoms with Crippen LogP contribution < -0.4 is 10.5 Å². The predicted molar refractivity (Wildman–Crippen MR) is 105 cm³/mol. The molecule has 2 N–H and O–H groups in total. The highest BCUT2D eigenvalue weighted by Gasteiger charge is 2.15. The molecule has 3 aromatic carbocycles. The first-order valence-electron chi connectivity index (χ1n) is 8.92. The van der Waals surface area contributed by atoms with Crippen LogP contribution in [0.3, 0.4) is 0 Å².